The van der Waals surface area contributed by atoms with E-state index >= 15 is 0 Å². The second-order valence-electron chi connectivity index (χ2n) is 6.81. The van der Waals surface area contributed by atoms with Gasteiger partial charge in [-0.15, -0.1) is 11.8 Å². The van der Waals surface area contributed by atoms with Gasteiger partial charge in [0.05, 0.1) is 5.69 Å². The molecule has 7 heteroatoms. The number of hydrogen-bond acceptors (Lipinski definition) is 3. The van der Waals surface area contributed by atoms with Gasteiger partial charge in [0.1, 0.15) is 29.4 Å². The monoisotopic (exact) mass is 426 g/mol. The largest absolute Gasteiger partial charge is 0.489 e. The molecule has 2 amide bonds. The van der Waals surface area contributed by atoms with E-state index < -0.39 is 17.7 Å². The second kappa shape index (κ2) is 9.17. The zero-order chi connectivity index (χ0) is 20.9. The van der Waals surface area contributed by atoms with Gasteiger partial charge in [0.15, 0.2) is 0 Å². The number of rotatable bonds is 5. The first-order valence-corrected chi connectivity index (χ1v) is 10.6. The first-order chi connectivity index (χ1) is 14.6. The average molecular weight is 426 g/mol. The molecule has 3 aromatic rings. The summed E-state index contributed by atoms with van der Waals surface area (Å²) in [7, 11) is 0. The number of thioether (sulfide) groups is 1. The van der Waals surface area contributed by atoms with E-state index in [0.29, 0.717) is 13.2 Å². The normalized spacial score (nSPS) is 15.8. The lowest BCUT2D eigenvalue weighted by molar-refractivity contribution is 0.214. The van der Waals surface area contributed by atoms with Gasteiger partial charge in [0.2, 0.25) is 0 Å². The Hall–Kier alpha value is -3.06. The molecular formula is C23H20F2N2O2S. The Kier molecular flexibility index (Phi) is 6.18. The third-order valence-corrected chi connectivity index (χ3v) is 6.00. The molecule has 1 aliphatic rings. The minimum absolute atomic E-state index is 0.0401. The predicted molar refractivity (Wildman–Crippen MR) is 114 cm³/mol. The quantitative estimate of drug-likeness (QED) is 0.559. The lowest BCUT2D eigenvalue weighted by atomic mass is 10.2. The highest BCUT2D eigenvalue weighted by Gasteiger charge is 2.31. The van der Waals surface area contributed by atoms with Crippen LogP contribution in [0.4, 0.5) is 19.3 Å². The van der Waals surface area contributed by atoms with E-state index in [1.807, 2.05) is 54.6 Å². The van der Waals surface area contributed by atoms with Crippen LogP contribution >= 0.6 is 11.8 Å². The Morgan fingerprint density at radius 2 is 1.83 bits per heavy atom. The van der Waals surface area contributed by atoms with Crippen LogP contribution in [-0.2, 0) is 6.61 Å². The van der Waals surface area contributed by atoms with Crippen LogP contribution in [-0.4, -0.2) is 23.2 Å². The van der Waals surface area contributed by atoms with Crippen molar-refractivity contribution in [2.75, 3.05) is 17.6 Å². The molecule has 154 valence electrons. The number of carbonyl (C=O) groups excluding carboxylic acids is 1. The van der Waals surface area contributed by atoms with E-state index in [4.69, 9.17) is 4.74 Å². The van der Waals surface area contributed by atoms with E-state index in [2.05, 4.69) is 5.32 Å². The van der Waals surface area contributed by atoms with Gasteiger partial charge < -0.3 is 15.0 Å². The minimum Gasteiger partial charge on any atom is -0.489 e. The minimum atomic E-state index is -0.799. The molecule has 4 nitrogen and oxygen atoms in total. The molecule has 1 heterocycles. The summed E-state index contributed by atoms with van der Waals surface area (Å²) >= 11 is 1.64. The van der Waals surface area contributed by atoms with Gasteiger partial charge in [-0.3, -0.25) is 0 Å². The molecule has 0 radical (unpaired) electrons. The van der Waals surface area contributed by atoms with Crippen molar-refractivity contribution < 1.29 is 18.3 Å². The molecule has 0 unspecified atom stereocenters. The first-order valence-electron chi connectivity index (χ1n) is 9.51. The Labute approximate surface area is 177 Å². The zero-order valence-corrected chi connectivity index (χ0v) is 16.9. The van der Waals surface area contributed by atoms with Gasteiger partial charge in [-0.25, -0.2) is 13.6 Å². The molecule has 1 aliphatic heterocycles. The van der Waals surface area contributed by atoms with Crippen LogP contribution < -0.4 is 10.1 Å². The highest BCUT2D eigenvalue weighted by Crippen LogP contribution is 2.38. The van der Waals surface area contributed by atoms with Crippen molar-refractivity contribution in [3.8, 4) is 5.75 Å². The van der Waals surface area contributed by atoms with Crippen LogP contribution in [0, 0.1) is 11.6 Å². The van der Waals surface area contributed by atoms with Crippen LogP contribution in [0.2, 0.25) is 0 Å². The zero-order valence-electron chi connectivity index (χ0n) is 16.1. The topological polar surface area (TPSA) is 41.6 Å². The summed E-state index contributed by atoms with van der Waals surface area (Å²) in [5.74, 6) is 0.0345. The smallest absolute Gasteiger partial charge is 0.323 e. The van der Waals surface area contributed by atoms with Crippen LogP contribution in [0.1, 0.15) is 16.5 Å². The molecule has 1 saturated heterocycles. The van der Waals surface area contributed by atoms with Gasteiger partial charge in [0.25, 0.3) is 0 Å². The van der Waals surface area contributed by atoms with Gasteiger partial charge >= 0.3 is 6.03 Å². The van der Waals surface area contributed by atoms with Crippen molar-refractivity contribution in [1.29, 1.82) is 0 Å². The molecular weight excluding hydrogens is 406 g/mol. The Morgan fingerprint density at radius 3 is 2.57 bits per heavy atom. The third kappa shape index (κ3) is 4.74. The standard InChI is InChI=1S/C23H20F2N2O2S/c24-18-8-11-21(20(25)14-18)26-23(28)27-12-13-30-22(27)17-6-9-19(10-7-17)29-15-16-4-2-1-3-5-16/h1-11,14,22H,12-13,15H2,(H,26,28)/t22-/m1/s1. The van der Waals surface area contributed by atoms with Gasteiger partial charge in [-0.2, -0.15) is 0 Å². The number of nitrogens with zero attached hydrogens (tertiary/aromatic N) is 1. The predicted octanol–water partition coefficient (Wildman–Crippen LogP) is 5.82. The lowest BCUT2D eigenvalue weighted by Crippen LogP contribution is -2.34. The fourth-order valence-electron chi connectivity index (χ4n) is 3.20. The Balaban J connectivity index is 1.40. The number of ether oxygens (including phenoxy) is 1. The van der Waals surface area contributed by atoms with Crippen molar-refractivity contribution >= 4 is 23.5 Å². The summed E-state index contributed by atoms with van der Waals surface area (Å²) in [5, 5.41) is 2.35. The molecule has 0 aromatic heterocycles. The summed E-state index contributed by atoms with van der Waals surface area (Å²) in [6.45, 7) is 1.02. The number of anilines is 1. The Morgan fingerprint density at radius 1 is 1.07 bits per heavy atom. The van der Waals surface area contributed by atoms with E-state index in [-0.39, 0.29) is 11.1 Å². The third-order valence-electron chi connectivity index (χ3n) is 4.74. The van der Waals surface area contributed by atoms with Crippen molar-refractivity contribution in [3.63, 3.8) is 0 Å². The molecule has 4 rings (SSSR count). The number of carbonyl (C=O) groups is 1. The number of amides is 2. The van der Waals surface area contributed by atoms with E-state index in [1.165, 1.54) is 6.07 Å². The maximum atomic E-state index is 13.9. The number of hydrogen-bond donors (Lipinski definition) is 1. The van der Waals surface area contributed by atoms with Crippen LogP contribution in [0.25, 0.3) is 0 Å². The highest BCUT2D eigenvalue weighted by molar-refractivity contribution is 7.99. The first kappa shape index (κ1) is 20.2. The van der Waals surface area contributed by atoms with Crippen molar-refractivity contribution in [2.45, 2.75) is 12.0 Å². The van der Waals surface area contributed by atoms with Crippen molar-refractivity contribution in [3.05, 3.63) is 95.6 Å². The molecule has 1 atom stereocenters. The van der Waals surface area contributed by atoms with E-state index in [0.717, 1.165) is 34.8 Å². The maximum Gasteiger partial charge on any atom is 0.323 e. The summed E-state index contributed by atoms with van der Waals surface area (Å²) in [6, 6.07) is 20.2. The van der Waals surface area contributed by atoms with Gasteiger partial charge in [0, 0.05) is 18.4 Å². The van der Waals surface area contributed by atoms with Crippen LogP contribution in [0.5, 0.6) is 5.75 Å². The highest BCUT2D eigenvalue weighted by atomic mass is 32.2. The summed E-state index contributed by atoms with van der Waals surface area (Å²) in [5.41, 5.74) is 2.00. The maximum absolute atomic E-state index is 13.9. The summed E-state index contributed by atoms with van der Waals surface area (Å²) in [6.07, 6.45) is 0. The second-order valence-corrected chi connectivity index (χ2v) is 8.00. The molecule has 0 spiro atoms. The number of urea groups is 1. The van der Waals surface area contributed by atoms with Gasteiger partial charge in [-0.05, 0) is 35.4 Å². The number of nitrogens with one attached hydrogen (secondary N) is 1. The van der Waals surface area contributed by atoms with E-state index in [9.17, 15) is 13.6 Å². The SMILES string of the molecule is O=C(Nc1ccc(F)cc1F)N1CCS[C@@H]1c1ccc(OCc2ccccc2)cc1. The number of halogens is 2. The molecule has 0 aliphatic carbocycles. The van der Waals surface area contributed by atoms with Crippen LogP contribution in [0.3, 0.4) is 0 Å². The molecule has 1 fully saturated rings. The summed E-state index contributed by atoms with van der Waals surface area (Å²) < 4.78 is 32.8. The lowest BCUT2D eigenvalue weighted by Gasteiger charge is -2.24. The molecule has 0 saturated carbocycles. The summed E-state index contributed by atoms with van der Waals surface area (Å²) in [4.78, 5) is 14.3. The Bertz CT molecular complexity index is 1020. The molecule has 30 heavy (non-hydrogen) atoms. The average Bonchev–Trinajstić information content (AvgIpc) is 3.25. The molecule has 3 aromatic carbocycles. The van der Waals surface area contributed by atoms with Crippen molar-refractivity contribution in [1.82, 2.24) is 4.90 Å². The van der Waals surface area contributed by atoms with Crippen LogP contribution in [0.15, 0.2) is 72.8 Å². The fraction of sp³-hybridized carbons (Fsp3) is 0.174. The molecule has 1 N–H and O–H groups in total. The number of benzene rings is 3. The van der Waals surface area contributed by atoms with E-state index in [1.54, 1.807) is 16.7 Å². The van der Waals surface area contributed by atoms with Gasteiger partial charge in [-0.1, -0.05) is 42.5 Å². The molecule has 0 bridgehead atoms. The fourth-order valence-corrected chi connectivity index (χ4v) is 4.46. The van der Waals surface area contributed by atoms with Crippen molar-refractivity contribution in [2.24, 2.45) is 0 Å².